The second-order valence-electron chi connectivity index (χ2n) is 10.0. The summed E-state index contributed by atoms with van der Waals surface area (Å²) in [5.41, 5.74) is 8.11. The summed E-state index contributed by atoms with van der Waals surface area (Å²) in [5, 5.41) is 4.91. The summed E-state index contributed by atoms with van der Waals surface area (Å²) in [5.74, 6) is 1.81. The van der Waals surface area contributed by atoms with Gasteiger partial charge in [-0.15, -0.1) is 0 Å². The van der Waals surface area contributed by atoms with Gasteiger partial charge in [0.05, 0.1) is 22.9 Å². The first-order valence-electron chi connectivity index (χ1n) is 12.5. The highest BCUT2D eigenvalue weighted by Gasteiger charge is 2.31. The molecule has 0 fully saturated rings. The van der Waals surface area contributed by atoms with E-state index in [1.165, 1.54) is 0 Å². The van der Waals surface area contributed by atoms with Crippen molar-refractivity contribution in [3.63, 3.8) is 0 Å². The molecule has 198 valence electrons. The zero-order valence-corrected chi connectivity index (χ0v) is 23.0. The second-order valence-corrected chi connectivity index (χ2v) is 11.6. The molecule has 0 radical (unpaired) electrons. The van der Waals surface area contributed by atoms with Crippen LogP contribution in [0.3, 0.4) is 0 Å². The molecule has 9 nitrogen and oxygen atoms in total. The minimum Gasteiger partial charge on any atom is -0.617 e. The summed E-state index contributed by atoms with van der Waals surface area (Å²) in [7, 11) is 0. The predicted molar refractivity (Wildman–Crippen MR) is 146 cm³/mol. The number of hydrogen-bond acceptors (Lipinski definition) is 9. The minimum atomic E-state index is -0.887. The average Bonchev–Trinajstić information content (AvgIpc) is 2.86. The Hall–Kier alpha value is -2.95. The highest BCUT2D eigenvalue weighted by molar-refractivity contribution is 7.90. The highest BCUT2D eigenvalue weighted by atomic mass is 32.2. The Kier molecular flexibility index (Phi) is 7.91. The summed E-state index contributed by atoms with van der Waals surface area (Å²) in [4.78, 5) is 26.2. The van der Waals surface area contributed by atoms with Gasteiger partial charge in [0.15, 0.2) is 0 Å². The number of carbonyl (C=O) groups excluding carboxylic acids is 1. The summed E-state index contributed by atoms with van der Waals surface area (Å²) >= 11 is -0.887. The van der Waals surface area contributed by atoms with Gasteiger partial charge in [-0.2, -0.15) is 0 Å². The van der Waals surface area contributed by atoms with Crippen LogP contribution in [0.4, 0.5) is 11.6 Å². The Labute approximate surface area is 220 Å². The van der Waals surface area contributed by atoms with Crippen molar-refractivity contribution in [1.82, 2.24) is 15.0 Å². The van der Waals surface area contributed by atoms with E-state index in [1.54, 1.807) is 30.8 Å². The fraction of sp³-hybridized carbons (Fsp3) is 0.481. The molecule has 0 aliphatic carbocycles. The molecule has 3 aromatic heterocycles. The molecular formula is C27H35N5O4S. The Morgan fingerprint density at radius 1 is 1.24 bits per heavy atom. The van der Waals surface area contributed by atoms with Gasteiger partial charge < -0.3 is 25.1 Å². The SMILES string of the molecule is CCC(C)(N)c1cnc(O[C@H](C)CC[S@+](C)[O-])c2cnc(Nc3ccc4c(n3)[C@@H](C)[C@H](C)OC4=O)cc12. The van der Waals surface area contributed by atoms with Gasteiger partial charge in [0.1, 0.15) is 29.6 Å². The van der Waals surface area contributed by atoms with E-state index in [4.69, 9.17) is 20.2 Å². The molecule has 4 rings (SSSR count). The van der Waals surface area contributed by atoms with Crippen LogP contribution in [0.15, 0.2) is 30.6 Å². The lowest BCUT2D eigenvalue weighted by Crippen LogP contribution is -2.32. The molecule has 0 spiro atoms. The molecule has 0 saturated heterocycles. The van der Waals surface area contributed by atoms with Crippen molar-refractivity contribution in [2.45, 2.75) is 71.1 Å². The first-order valence-corrected chi connectivity index (χ1v) is 14.3. The molecule has 3 N–H and O–H groups in total. The zero-order chi connectivity index (χ0) is 26.9. The number of nitrogens with zero attached hydrogens (tertiary/aromatic N) is 3. The van der Waals surface area contributed by atoms with E-state index in [0.29, 0.717) is 47.4 Å². The first-order chi connectivity index (χ1) is 17.5. The van der Waals surface area contributed by atoms with E-state index in [-0.39, 0.29) is 24.1 Å². The molecule has 3 aromatic rings. The molecule has 1 unspecified atom stereocenters. The van der Waals surface area contributed by atoms with Gasteiger partial charge in [0, 0.05) is 30.3 Å². The van der Waals surface area contributed by atoms with Crippen LogP contribution in [0.1, 0.15) is 75.0 Å². The number of nitrogens with two attached hydrogens (primary N) is 1. The van der Waals surface area contributed by atoms with Crippen LogP contribution in [0.2, 0.25) is 0 Å². The molecule has 0 bridgehead atoms. The Morgan fingerprint density at radius 2 is 2.00 bits per heavy atom. The van der Waals surface area contributed by atoms with Crippen molar-refractivity contribution in [2.24, 2.45) is 5.73 Å². The Balaban J connectivity index is 1.70. The van der Waals surface area contributed by atoms with E-state index in [2.05, 4.69) is 15.3 Å². The van der Waals surface area contributed by atoms with Gasteiger partial charge in [-0.3, -0.25) is 0 Å². The van der Waals surface area contributed by atoms with Crippen molar-refractivity contribution in [2.75, 3.05) is 17.3 Å². The topological polar surface area (TPSA) is 135 Å². The van der Waals surface area contributed by atoms with E-state index >= 15 is 0 Å². The quantitative estimate of drug-likeness (QED) is 0.304. The number of aromatic nitrogens is 3. The van der Waals surface area contributed by atoms with E-state index in [0.717, 1.165) is 16.3 Å². The average molecular weight is 526 g/mol. The van der Waals surface area contributed by atoms with E-state index in [1.807, 2.05) is 40.7 Å². The summed E-state index contributed by atoms with van der Waals surface area (Å²) in [6.45, 7) is 9.81. The Morgan fingerprint density at radius 3 is 2.70 bits per heavy atom. The molecule has 10 heteroatoms. The number of pyridine rings is 3. The van der Waals surface area contributed by atoms with Crippen molar-refractivity contribution in [3.8, 4) is 5.88 Å². The lowest BCUT2D eigenvalue weighted by molar-refractivity contribution is 0.0235. The summed E-state index contributed by atoms with van der Waals surface area (Å²) in [6.07, 6.45) is 6.14. The highest BCUT2D eigenvalue weighted by Crippen LogP contribution is 2.35. The first kappa shape index (κ1) is 27.1. The minimum absolute atomic E-state index is 0.0222. The number of carbonyl (C=O) groups is 1. The standard InChI is InChI=1S/C27H35N5O4S/c1-7-27(5,28)21-14-30-25(35-15(2)10-11-37(6)34)20-13-29-23(12-19(20)21)31-22-9-8-18-24(32-22)16(3)17(4)36-26(18)33/h8-9,12-17H,7,10-11,28H2,1-6H3,(H,29,31,32)/t15-,16+,17+,27?,37+/m1/s1. The largest absolute Gasteiger partial charge is 0.617 e. The third-order valence-corrected chi connectivity index (χ3v) is 7.85. The van der Waals surface area contributed by atoms with Gasteiger partial charge >= 0.3 is 5.97 Å². The monoisotopic (exact) mass is 525 g/mol. The van der Waals surface area contributed by atoms with Crippen LogP contribution in [0.25, 0.3) is 10.8 Å². The summed E-state index contributed by atoms with van der Waals surface area (Å²) in [6, 6.07) is 5.40. The smallest absolute Gasteiger partial charge is 0.340 e. The molecule has 0 saturated carbocycles. The van der Waals surface area contributed by atoms with Gasteiger partial charge in [-0.25, -0.2) is 19.7 Å². The fourth-order valence-corrected chi connectivity index (χ4v) is 4.92. The molecular weight excluding hydrogens is 490 g/mol. The van der Waals surface area contributed by atoms with Crippen LogP contribution in [-0.4, -0.2) is 49.7 Å². The van der Waals surface area contributed by atoms with Crippen molar-refractivity contribution >= 4 is 39.6 Å². The maximum Gasteiger partial charge on any atom is 0.340 e. The summed E-state index contributed by atoms with van der Waals surface area (Å²) < 4.78 is 23.0. The number of rotatable bonds is 9. The van der Waals surface area contributed by atoms with E-state index in [9.17, 15) is 9.35 Å². The van der Waals surface area contributed by atoms with Gasteiger partial charge in [-0.1, -0.05) is 25.0 Å². The number of anilines is 2. The molecule has 37 heavy (non-hydrogen) atoms. The number of nitrogens with one attached hydrogen (secondary N) is 1. The van der Waals surface area contributed by atoms with Crippen molar-refractivity contribution < 1.29 is 18.8 Å². The maximum atomic E-state index is 12.3. The maximum absolute atomic E-state index is 12.3. The lowest BCUT2D eigenvalue weighted by atomic mass is 9.88. The molecule has 0 aromatic carbocycles. The van der Waals surface area contributed by atoms with Crippen LogP contribution in [0, 0.1) is 0 Å². The number of esters is 1. The van der Waals surface area contributed by atoms with Crippen molar-refractivity contribution in [3.05, 3.63) is 47.4 Å². The lowest BCUT2D eigenvalue weighted by Gasteiger charge is -2.27. The van der Waals surface area contributed by atoms with Gasteiger partial charge in [-0.05, 0) is 56.3 Å². The fourth-order valence-electron chi connectivity index (χ4n) is 4.25. The molecule has 1 aliphatic rings. The molecule has 5 atom stereocenters. The Bertz CT molecular complexity index is 1300. The van der Waals surface area contributed by atoms with Crippen LogP contribution < -0.4 is 15.8 Å². The van der Waals surface area contributed by atoms with Gasteiger partial charge in [0.2, 0.25) is 5.88 Å². The molecule has 1 aliphatic heterocycles. The van der Waals surface area contributed by atoms with E-state index < -0.39 is 16.7 Å². The zero-order valence-electron chi connectivity index (χ0n) is 22.2. The number of fused-ring (bicyclic) bond motifs is 2. The second kappa shape index (κ2) is 10.8. The molecule has 4 heterocycles. The normalized spacial score (nSPS) is 20.5. The third-order valence-electron chi connectivity index (χ3n) is 7.04. The van der Waals surface area contributed by atoms with Crippen LogP contribution in [0.5, 0.6) is 5.88 Å². The molecule has 0 amide bonds. The van der Waals surface area contributed by atoms with Crippen molar-refractivity contribution in [1.29, 1.82) is 0 Å². The van der Waals surface area contributed by atoms with Gasteiger partial charge in [0.25, 0.3) is 0 Å². The third kappa shape index (κ3) is 5.81. The number of ether oxygens (including phenoxy) is 2. The number of hydrogen-bond donors (Lipinski definition) is 2. The van der Waals surface area contributed by atoms with Crippen LogP contribution >= 0.6 is 0 Å². The predicted octanol–water partition coefficient (Wildman–Crippen LogP) is 4.55. The van der Waals surface area contributed by atoms with Crippen LogP contribution in [-0.2, 0) is 21.5 Å². The number of cyclic esters (lactones) is 1.